The summed E-state index contributed by atoms with van der Waals surface area (Å²) in [5.74, 6) is -0.903. The van der Waals surface area contributed by atoms with Crippen LogP contribution < -0.4 is 5.32 Å². The molecular formula is C25H31F4N3O. The second-order valence-electron chi connectivity index (χ2n) is 8.64. The highest BCUT2D eigenvalue weighted by Crippen LogP contribution is 2.32. The minimum absolute atomic E-state index is 0.0934. The van der Waals surface area contributed by atoms with E-state index in [0.29, 0.717) is 24.7 Å². The van der Waals surface area contributed by atoms with Crippen LogP contribution in [0.25, 0.3) is 0 Å². The molecule has 8 heteroatoms. The average Bonchev–Trinajstić information content (AvgIpc) is 2.79. The third kappa shape index (κ3) is 6.69. The molecule has 2 amide bonds. The fraction of sp³-hybridized carbons (Fsp3) is 0.480. The van der Waals surface area contributed by atoms with Crippen LogP contribution in [0, 0.1) is 5.82 Å². The Morgan fingerprint density at radius 1 is 1.15 bits per heavy atom. The Kier molecular flexibility index (Phi) is 8.35. The molecular weight excluding hydrogens is 434 g/mol. The standard InChI is InChI=1S/C25H31F4N3O/c1-3-7-18(2)31-14-12-21(13-15-31)32(17-19-8-5-4-6-9-19)24(33)30-23-16-20(25(27,28)29)10-11-22(23)26/h4-6,8-11,16,18,21H,3,7,12-15,17H2,1-2H3,(H,30,33). The summed E-state index contributed by atoms with van der Waals surface area (Å²) in [6.45, 7) is 6.32. The van der Waals surface area contributed by atoms with Gasteiger partial charge in [0, 0.05) is 31.7 Å². The van der Waals surface area contributed by atoms with Crippen molar-refractivity contribution in [2.24, 2.45) is 0 Å². The molecule has 0 radical (unpaired) electrons. The van der Waals surface area contributed by atoms with Crippen molar-refractivity contribution in [1.29, 1.82) is 0 Å². The van der Waals surface area contributed by atoms with Gasteiger partial charge in [-0.25, -0.2) is 9.18 Å². The van der Waals surface area contributed by atoms with Gasteiger partial charge in [-0.2, -0.15) is 13.2 Å². The fourth-order valence-corrected chi connectivity index (χ4v) is 4.37. The molecule has 180 valence electrons. The second-order valence-corrected chi connectivity index (χ2v) is 8.64. The van der Waals surface area contributed by atoms with Gasteiger partial charge in [-0.1, -0.05) is 43.7 Å². The quantitative estimate of drug-likeness (QED) is 0.472. The molecule has 3 rings (SSSR count). The summed E-state index contributed by atoms with van der Waals surface area (Å²) in [4.78, 5) is 17.2. The molecule has 1 aliphatic rings. The first-order valence-corrected chi connectivity index (χ1v) is 11.4. The Morgan fingerprint density at radius 2 is 1.82 bits per heavy atom. The van der Waals surface area contributed by atoms with E-state index in [1.165, 1.54) is 0 Å². The molecule has 1 N–H and O–H groups in total. The summed E-state index contributed by atoms with van der Waals surface area (Å²) in [6.07, 6.45) is -0.919. The van der Waals surface area contributed by atoms with Gasteiger partial charge in [-0.05, 0) is 49.9 Å². The highest BCUT2D eigenvalue weighted by atomic mass is 19.4. The number of alkyl halides is 3. The van der Waals surface area contributed by atoms with Crippen molar-refractivity contribution >= 4 is 11.7 Å². The van der Waals surface area contributed by atoms with E-state index in [1.807, 2.05) is 30.3 Å². The third-order valence-electron chi connectivity index (χ3n) is 6.26. The highest BCUT2D eigenvalue weighted by molar-refractivity contribution is 5.89. The van der Waals surface area contributed by atoms with Crippen molar-refractivity contribution < 1.29 is 22.4 Å². The Balaban J connectivity index is 1.78. The largest absolute Gasteiger partial charge is 0.416 e. The van der Waals surface area contributed by atoms with Gasteiger partial charge >= 0.3 is 12.2 Å². The number of benzene rings is 2. The van der Waals surface area contributed by atoms with Gasteiger partial charge in [0.2, 0.25) is 0 Å². The molecule has 2 aromatic rings. The van der Waals surface area contributed by atoms with Gasteiger partial charge in [0.15, 0.2) is 0 Å². The first kappa shape index (κ1) is 25.0. The van der Waals surface area contributed by atoms with E-state index in [0.717, 1.165) is 50.4 Å². The molecule has 2 aromatic carbocycles. The van der Waals surface area contributed by atoms with Gasteiger partial charge < -0.3 is 15.1 Å². The van der Waals surface area contributed by atoms with Gasteiger partial charge in [-0.15, -0.1) is 0 Å². The van der Waals surface area contributed by atoms with Gasteiger partial charge in [-0.3, -0.25) is 0 Å². The van der Waals surface area contributed by atoms with Crippen molar-refractivity contribution in [3.8, 4) is 0 Å². The number of likely N-dealkylation sites (tertiary alicyclic amines) is 1. The van der Waals surface area contributed by atoms with Crippen LogP contribution in [0.3, 0.4) is 0 Å². The zero-order valence-electron chi connectivity index (χ0n) is 19.0. The van der Waals surface area contributed by atoms with Crippen LogP contribution in [0.5, 0.6) is 0 Å². The number of hydrogen-bond donors (Lipinski definition) is 1. The first-order valence-electron chi connectivity index (χ1n) is 11.4. The van der Waals surface area contributed by atoms with Crippen LogP contribution in [0.4, 0.5) is 28.0 Å². The van der Waals surface area contributed by atoms with Crippen LogP contribution in [0.2, 0.25) is 0 Å². The molecule has 1 atom stereocenters. The van der Waals surface area contributed by atoms with Crippen molar-refractivity contribution in [2.75, 3.05) is 18.4 Å². The number of rotatable bonds is 7. The topological polar surface area (TPSA) is 35.6 Å². The predicted molar refractivity (Wildman–Crippen MR) is 121 cm³/mol. The van der Waals surface area contributed by atoms with Crippen molar-refractivity contribution in [2.45, 2.75) is 64.3 Å². The third-order valence-corrected chi connectivity index (χ3v) is 6.26. The van der Waals surface area contributed by atoms with Crippen molar-refractivity contribution in [3.63, 3.8) is 0 Å². The number of piperidine rings is 1. The number of urea groups is 1. The van der Waals surface area contributed by atoms with Crippen molar-refractivity contribution in [3.05, 3.63) is 65.5 Å². The fourth-order valence-electron chi connectivity index (χ4n) is 4.37. The number of nitrogens with one attached hydrogen (secondary N) is 1. The molecule has 0 spiro atoms. The Hall–Kier alpha value is -2.61. The van der Waals surface area contributed by atoms with E-state index in [1.54, 1.807) is 4.90 Å². The normalized spacial score (nSPS) is 16.4. The van der Waals surface area contributed by atoms with E-state index in [9.17, 15) is 22.4 Å². The minimum atomic E-state index is -4.63. The highest BCUT2D eigenvalue weighted by Gasteiger charge is 2.33. The van der Waals surface area contributed by atoms with Crippen LogP contribution in [-0.2, 0) is 12.7 Å². The van der Waals surface area contributed by atoms with Crippen LogP contribution in [0.15, 0.2) is 48.5 Å². The zero-order chi connectivity index (χ0) is 24.0. The molecule has 0 saturated carbocycles. The molecule has 0 aromatic heterocycles. The minimum Gasteiger partial charge on any atom is -0.317 e. The monoisotopic (exact) mass is 465 g/mol. The smallest absolute Gasteiger partial charge is 0.317 e. The Morgan fingerprint density at radius 3 is 2.42 bits per heavy atom. The number of carbonyl (C=O) groups is 1. The molecule has 1 fully saturated rings. The lowest BCUT2D eigenvalue weighted by molar-refractivity contribution is -0.137. The Bertz CT molecular complexity index is 912. The summed E-state index contributed by atoms with van der Waals surface area (Å²) >= 11 is 0. The van der Waals surface area contributed by atoms with Crippen molar-refractivity contribution in [1.82, 2.24) is 9.80 Å². The van der Waals surface area contributed by atoms with E-state index in [2.05, 4.69) is 24.1 Å². The summed E-state index contributed by atoms with van der Waals surface area (Å²) in [5.41, 5.74) is -0.576. The van der Waals surface area contributed by atoms with Gasteiger partial charge in [0.25, 0.3) is 0 Å². The number of anilines is 1. The zero-order valence-corrected chi connectivity index (χ0v) is 19.0. The molecule has 1 heterocycles. The second kappa shape index (κ2) is 11.0. The van der Waals surface area contributed by atoms with Gasteiger partial charge in [0.1, 0.15) is 5.82 Å². The van der Waals surface area contributed by atoms with Crippen LogP contribution in [0.1, 0.15) is 50.7 Å². The summed E-state index contributed by atoms with van der Waals surface area (Å²) in [5, 5.41) is 2.39. The predicted octanol–water partition coefficient (Wildman–Crippen LogP) is 6.53. The molecule has 1 unspecified atom stereocenters. The number of nitrogens with zero attached hydrogens (tertiary/aromatic N) is 2. The molecule has 4 nitrogen and oxygen atoms in total. The van der Waals surface area contributed by atoms with E-state index in [4.69, 9.17) is 0 Å². The Labute approximate surface area is 192 Å². The molecule has 1 aliphatic heterocycles. The molecule has 1 saturated heterocycles. The van der Waals surface area contributed by atoms with E-state index < -0.39 is 29.3 Å². The molecule has 33 heavy (non-hydrogen) atoms. The summed E-state index contributed by atoms with van der Waals surface area (Å²) in [7, 11) is 0. The van der Waals surface area contributed by atoms with E-state index in [-0.39, 0.29) is 6.04 Å². The summed E-state index contributed by atoms with van der Waals surface area (Å²) in [6, 6.07) is 11.2. The molecule has 0 bridgehead atoms. The number of carbonyl (C=O) groups excluding carboxylic acids is 1. The maximum atomic E-state index is 14.3. The number of amides is 2. The molecule has 0 aliphatic carbocycles. The lowest BCUT2D eigenvalue weighted by Crippen LogP contribution is -2.50. The lowest BCUT2D eigenvalue weighted by atomic mass is 10.00. The van der Waals surface area contributed by atoms with Crippen LogP contribution >= 0.6 is 0 Å². The lowest BCUT2D eigenvalue weighted by Gasteiger charge is -2.40. The SMILES string of the molecule is CCCC(C)N1CCC(N(Cc2ccccc2)C(=O)Nc2cc(C(F)(F)F)ccc2F)CC1. The number of hydrogen-bond acceptors (Lipinski definition) is 2. The maximum absolute atomic E-state index is 14.3. The first-order chi connectivity index (χ1) is 15.7. The van der Waals surface area contributed by atoms with E-state index >= 15 is 0 Å². The summed E-state index contributed by atoms with van der Waals surface area (Å²) < 4.78 is 53.5. The average molecular weight is 466 g/mol. The maximum Gasteiger partial charge on any atom is 0.416 e. The van der Waals surface area contributed by atoms with Crippen LogP contribution in [-0.4, -0.2) is 41.0 Å². The number of halogens is 4. The van der Waals surface area contributed by atoms with Gasteiger partial charge in [0.05, 0.1) is 11.3 Å².